The Labute approximate surface area is 121 Å². The van der Waals surface area contributed by atoms with Gasteiger partial charge in [-0.3, -0.25) is 4.57 Å². The molecule has 0 aliphatic carbocycles. The first-order chi connectivity index (χ1) is 10.4. The van der Waals surface area contributed by atoms with Crippen LogP contribution in [0.25, 0.3) is 11.2 Å². The highest BCUT2D eigenvalue weighted by atomic mass is 16.6. The summed E-state index contributed by atoms with van der Waals surface area (Å²) in [6, 6.07) is 0. The summed E-state index contributed by atoms with van der Waals surface area (Å²) in [6.07, 6.45) is -3.59. The second-order valence-corrected chi connectivity index (χ2v) is 4.72. The molecule has 22 heavy (non-hydrogen) atoms. The number of nitrogens with two attached hydrogens (primary N) is 1. The first kappa shape index (κ1) is 14.5. The number of nitro groups is 1. The molecule has 1 fully saturated rings. The summed E-state index contributed by atoms with van der Waals surface area (Å²) in [4.78, 5) is 21.2. The Kier molecular flexibility index (Phi) is 3.37. The molecule has 2 unspecified atom stereocenters. The fourth-order valence-corrected chi connectivity index (χ4v) is 2.30. The second-order valence-electron chi connectivity index (χ2n) is 4.72. The molecule has 0 amide bonds. The number of nitrogen functional groups attached to an aromatic ring is 1. The topological polar surface area (TPSA) is 183 Å². The van der Waals surface area contributed by atoms with E-state index in [9.17, 15) is 20.3 Å². The summed E-state index contributed by atoms with van der Waals surface area (Å²) in [6.45, 7) is -0.501. The maximum absolute atomic E-state index is 10.8. The average Bonchev–Trinajstić information content (AvgIpc) is 3.02. The minimum Gasteiger partial charge on any atom is -0.394 e. The number of fused-ring (bicyclic) bond motifs is 1. The summed E-state index contributed by atoms with van der Waals surface area (Å²) >= 11 is 0. The van der Waals surface area contributed by atoms with E-state index in [0.29, 0.717) is 0 Å². The number of aromatic nitrogens is 4. The number of aliphatic hydroxyl groups is 3. The number of nitrogens with zero attached hydrogens (tertiary/aromatic N) is 5. The van der Waals surface area contributed by atoms with Crippen LogP contribution in [0.4, 0.5) is 11.8 Å². The smallest absolute Gasteiger partial charge is 0.394 e. The summed E-state index contributed by atoms with van der Waals surface area (Å²) < 4.78 is 6.53. The fraction of sp³-hybridized carbons (Fsp3) is 0.500. The van der Waals surface area contributed by atoms with Crippen LogP contribution in [0.5, 0.6) is 0 Å². The molecule has 3 heterocycles. The van der Waals surface area contributed by atoms with Crippen LogP contribution in [0.3, 0.4) is 0 Å². The van der Waals surface area contributed by atoms with E-state index in [1.165, 1.54) is 10.9 Å². The summed E-state index contributed by atoms with van der Waals surface area (Å²) in [5.41, 5.74) is 5.68. The Bertz CT molecular complexity index is 734. The van der Waals surface area contributed by atoms with Crippen molar-refractivity contribution in [1.29, 1.82) is 0 Å². The zero-order valence-corrected chi connectivity index (χ0v) is 11.0. The van der Waals surface area contributed by atoms with Crippen LogP contribution in [0.2, 0.25) is 0 Å². The van der Waals surface area contributed by atoms with Gasteiger partial charge in [-0.25, -0.2) is 4.98 Å². The van der Waals surface area contributed by atoms with Crippen molar-refractivity contribution in [3.8, 4) is 0 Å². The maximum atomic E-state index is 10.8. The van der Waals surface area contributed by atoms with Gasteiger partial charge in [0.05, 0.1) is 6.61 Å². The summed E-state index contributed by atoms with van der Waals surface area (Å²) in [5, 5.41) is 39.7. The van der Waals surface area contributed by atoms with Gasteiger partial charge < -0.3 is 35.9 Å². The van der Waals surface area contributed by atoms with Crippen LogP contribution in [0.1, 0.15) is 6.23 Å². The molecule has 3 rings (SSSR count). The molecule has 12 heteroatoms. The van der Waals surface area contributed by atoms with Gasteiger partial charge >= 0.3 is 5.95 Å². The van der Waals surface area contributed by atoms with Crippen LogP contribution in [0, 0.1) is 10.1 Å². The largest absolute Gasteiger partial charge is 0.473 e. The SMILES string of the molecule is Nc1nc([N+](=O)[O-])nc2c1ncn2[C@@H]1O[C@H](CO)C(O)C1O. The number of hydrogen-bond donors (Lipinski definition) is 4. The lowest BCUT2D eigenvalue weighted by molar-refractivity contribution is -0.394. The predicted molar refractivity (Wildman–Crippen MR) is 69.4 cm³/mol. The lowest BCUT2D eigenvalue weighted by Gasteiger charge is -2.15. The van der Waals surface area contributed by atoms with Gasteiger partial charge in [-0.1, -0.05) is 0 Å². The molecule has 0 radical (unpaired) electrons. The van der Waals surface area contributed by atoms with E-state index in [-0.39, 0.29) is 17.0 Å². The lowest BCUT2D eigenvalue weighted by Crippen LogP contribution is -2.33. The first-order valence-electron chi connectivity index (χ1n) is 6.21. The predicted octanol–water partition coefficient (Wildman–Crippen LogP) is -2.07. The Balaban J connectivity index is 2.10. The second kappa shape index (κ2) is 5.10. The van der Waals surface area contributed by atoms with Gasteiger partial charge in [-0.05, 0) is 14.9 Å². The van der Waals surface area contributed by atoms with Gasteiger partial charge in [0.25, 0.3) is 0 Å². The zero-order chi connectivity index (χ0) is 16.0. The molecule has 0 aromatic carbocycles. The van der Waals surface area contributed by atoms with Gasteiger partial charge in [0.15, 0.2) is 11.7 Å². The molecular weight excluding hydrogens is 300 g/mol. The minimum atomic E-state index is -1.37. The van der Waals surface area contributed by atoms with Gasteiger partial charge in [-0.2, -0.15) is 0 Å². The molecule has 1 aliphatic rings. The van der Waals surface area contributed by atoms with E-state index < -0.39 is 42.0 Å². The number of imidazole rings is 1. The maximum Gasteiger partial charge on any atom is 0.473 e. The third-order valence-corrected chi connectivity index (χ3v) is 3.39. The highest BCUT2D eigenvalue weighted by molar-refractivity contribution is 5.82. The number of hydrogen-bond acceptors (Lipinski definition) is 10. The Hall–Kier alpha value is -2.41. The third kappa shape index (κ3) is 2.05. The van der Waals surface area contributed by atoms with E-state index in [1.807, 2.05) is 0 Å². The number of rotatable bonds is 3. The van der Waals surface area contributed by atoms with Crippen LogP contribution < -0.4 is 5.73 Å². The molecule has 118 valence electrons. The molecule has 2 aromatic rings. The summed E-state index contributed by atoms with van der Waals surface area (Å²) in [7, 11) is 0. The van der Waals surface area contributed by atoms with E-state index in [0.717, 1.165) is 0 Å². The lowest BCUT2D eigenvalue weighted by atomic mass is 10.1. The van der Waals surface area contributed by atoms with Crippen molar-refractivity contribution >= 4 is 22.9 Å². The number of aliphatic hydroxyl groups excluding tert-OH is 3. The molecule has 0 bridgehead atoms. The molecule has 1 aliphatic heterocycles. The monoisotopic (exact) mass is 312 g/mol. The quantitative estimate of drug-likeness (QED) is 0.362. The van der Waals surface area contributed by atoms with Crippen molar-refractivity contribution in [2.24, 2.45) is 0 Å². The number of ether oxygens (including phenoxy) is 1. The van der Waals surface area contributed by atoms with Crippen LogP contribution in [-0.4, -0.2) is 64.7 Å². The molecule has 2 aromatic heterocycles. The van der Waals surface area contributed by atoms with Crippen molar-refractivity contribution in [2.45, 2.75) is 24.5 Å². The third-order valence-electron chi connectivity index (χ3n) is 3.39. The van der Waals surface area contributed by atoms with Crippen molar-refractivity contribution in [3.63, 3.8) is 0 Å². The minimum absolute atomic E-state index is 0.0194. The average molecular weight is 312 g/mol. The van der Waals surface area contributed by atoms with Crippen molar-refractivity contribution < 1.29 is 25.0 Å². The van der Waals surface area contributed by atoms with E-state index >= 15 is 0 Å². The van der Waals surface area contributed by atoms with Crippen LogP contribution in [0.15, 0.2) is 6.33 Å². The summed E-state index contributed by atoms with van der Waals surface area (Å²) in [5.74, 6) is -0.916. The molecule has 0 saturated carbocycles. The van der Waals surface area contributed by atoms with E-state index in [4.69, 9.17) is 15.6 Å². The van der Waals surface area contributed by atoms with Gasteiger partial charge in [0.1, 0.15) is 24.6 Å². The fourth-order valence-electron chi connectivity index (χ4n) is 2.30. The molecule has 12 nitrogen and oxygen atoms in total. The van der Waals surface area contributed by atoms with Crippen LogP contribution >= 0.6 is 0 Å². The zero-order valence-electron chi connectivity index (χ0n) is 11.0. The molecular formula is C10H12N6O6. The van der Waals surface area contributed by atoms with E-state index in [1.54, 1.807) is 0 Å². The number of anilines is 1. The van der Waals surface area contributed by atoms with Gasteiger partial charge in [-0.15, -0.1) is 0 Å². The molecule has 4 atom stereocenters. The highest BCUT2D eigenvalue weighted by Gasteiger charge is 2.44. The highest BCUT2D eigenvalue weighted by Crippen LogP contribution is 2.32. The Morgan fingerprint density at radius 1 is 1.41 bits per heavy atom. The normalized spacial score (nSPS) is 28.3. The Morgan fingerprint density at radius 2 is 2.14 bits per heavy atom. The standard InChI is InChI=1S/C10H12N6O6/c11-7-4-8(14-10(13-7)16(20)21)15(2-12-4)9-6(19)5(18)3(1-17)22-9/h2-3,5-6,9,17-19H,1H2,(H2,11,13,14)/t3-,5?,6?,9-/m1/s1. The van der Waals surface area contributed by atoms with Gasteiger partial charge in [0.2, 0.25) is 11.5 Å². The molecule has 5 N–H and O–H groups in total. The molecule has 1 saturated heterocycles. The first-order valence-corrected chi connectivity index (χ1v) is 6.21. The molecule has 0 spiro atoms. The van der Waals surface area contributed by atoms with Crippen molar-refractivity contribution in [1.82, 2.24) is 19.5 Å². The Morgan fingerprint density at radius 3 is 2.73 bits per heavy atom. The van der Waals surface area contributed by atoms with Gasteiger partial charge in [0, 0.05) is 0 Å². The van der Waals surface area contributed by atoms with Crippen molar-refractivity contribution in [3.05, 3.63) is 16.4 Å². The van der Waals surface area contributed by atoms with Crippen LogP contribution in [-0.2, 0) is 4.74 Å². The van der Waals surface area contributed by atoms with Crippen molar-refractivity contribution in [2.75, 3.05) is 12.3 Å². The van der Waals surface area contributed by atoms with E-state index in [2.05, 4.69) is 15.0 Å².